The third-order valence-corrected chi connectivity index (χ3v) is 3.63. The average Bonchev–Trinajstić information content (AvgIpc) is 2.78. The zero-order chi connectivity index (χ0) is 15.4. The van der Waals surface area contributed by atoms with Crippen LogP contribution in [0.4, 0.5) is 0 Å². The van der Waals surface area contributed by atoms with Gasteiger partial charge >= 0.3 is 0 Å². The van der Waals surface area contributed by atoms with Crippen molar-refractivity contribution in [1.29, 1.82) is 0 Å². The Morgan fingerprint density at radius 3 is 2.55 bits per heavy atom. The Morgan fingerprint density at radius 2 is 1.77 bits per heavy atom. The highest BCUT2D eigenvalue weighted by molar-refractivity contribution is 6.30. The summed E-state index contributed by atoms with van der Waals surface area (Å²) < 4.78 is 11.2. The van der Waals surface area contributed by atoms with Gasteiger partial charge in [0, 0.05) is 23.6 Å². The Labute approximate surface area is 134 Å². The second-order valence-corrected chi connectivity index (χ2v) is 5.46. The van der Waals surface area contributed by atoms with Gasteiger partial charge in [-0.3, -0.25) is 4.79 Å². The Balaban J connectivity index is 1.67. The lowest BCUT2D eigenvalue weighted by atomic mass is 10.1. The van der Waals surface area contributed by atoms with Gasteiger partial charge in [-0.25, -0.2) is 0 Å². The maximum absolute atomic E-state index is 12.2. The fraction of sp³-hybridized carbons (Fsp3) is 0.235. The van der Waals surface area contributed by atoms with Crippen molar-refractivity contribution < 1.29 is 14.3 Å². The smallest absolute Gasteiger partial charge is 0.251 e. The number of carbonyl (C=O) groups is 1. The lowest BCUT2D eigenvalue weighted by Crippen LogP contribution is -2.22. The van der Waals surface area contributed by atoms with Crippen LogP contribution in [0.5, 0.6) is 11.5 Å². The fourth-order valence-electron chi connectivity index (χ4n) is 2.19. The highest BCUT2D eigenvalue weighted by atomic mass is 35.5. The number of carbonyl (C=O) groups excluding carboxylic acids is 1. The molecule has 1 amide bonds. The van der Waals surface area contributed by atoms with Crippen molar-refractivity contribution in [3.63, 3.8) is 0 Å². The molecule has 2 aromatic rings. The number of ether oxygens (including phenoxy) is 2. The zero-order valence-electron chi connectivity index (χ0n) is 12.0. The van der Waals surface area contributed by atoms with Gasteiger partial charge in [0.1, 0.15) is 0 Å². The molecule has 1 N–H and O–H groups in total. The minimum absolute atomic E-state index is 0.148. The van der Waals surface area contributed by atoms with Gasteiger partial charge < -0.3 is 14.8 Å². The third-order valence-electron chi connectivity index (χ3n) is 3.38. The van der Waals surface area contributed by atoms with Crippen LogP contribution in [0, 0.1) is 0 Å². The van der Waals surface area contributed by atoms with Crippen LogP contribution >= 0.6 is 11.6 Å². The van der Waals surface area contributed by atoms with Crippen molar-refractivity contribution in [2.24, 2.45) is 0 Å². The van der Waals surface area contributed by atoms with Crippen LogP contribution in [-0.2, 0) is 6.54 Å². The lowest BCUT2D eigenvalue weighted by Gasteiger charge is -2.10. The topological polar surface area (TPSA) is 47.6 Å². The summed E-state index contributed by atoms with van der Waals surface area (Å²) in [5.74, 6) is 1.16. The molecule has 22 heavy (non-hydrogen) atoms. The molecule has 1 heterocycles. The van der Waals surface area contributed by atoms with E-state index >= 15 is 0 Å². The van der Waals surface area contributed by atoms with Crippen molar-refractivity contribution in [1.82, 2.24) is 5.32 Å². The van der Waals surface area contributed by atoms with E-state index < -0.39 is 0 Å². The van der Waals surface area contributed by atoms with Crippen LogP contribution < -0.4 is 14.8 Å². The van der Waals surface area contributed by atoms with Gasteiger partial charge in [0.05, 0.1) is 13.2 Å². The molecule has 0 bridgehead atoms. The molecule has 0 fully saturated rings. The van der Waals surface area contributed by atoms with Gasteiger partial charge in [-0.1, -0.05) is 23.7 Å². The summed E-state index contributed by atoms with van der Waals surface area (Å²) in [4.78, 5) is 12.2. The minimum Gasteiger partial charge on any atom is -0.490 e. The van der Waals surface area contributed by atoms with E-state index in [0.29, 0.717) is 41.8 Å². The van der Waals surface area contributed by atoms with Gasteiger partial charge in [0.15, 0.2) is 11.5 Å². The zero-order valence-corrected chi connectivity index (χ0v) is 12.7. The summed E-state index contributed by atoms with van der Waals surface area (Å²) in [5, 5.41) is 3.56. The number of hydrogen-bond donors (Lipinski definition) is 1. The van der Waals surface area contributed by atoms with E-state index in [1.807, 2.05) is 12.1 Å². The van der Waals surface area contributed by atoms with Gasteiger partial charge in [-0.15, -0.1) is 0 Å². The van der Waals surface area contributed by atoms with Crippen molar-refractivity contribution in [3.05, 3.63) is 58.6 Å². The molecule has 0 radical (unpaired) electrons. The number of rotatable bonds is 3. The average molecular weight is 318 g/mol. The quantitative estimate of drug-likeness (QED) is 0.943. The summed E-state index contributed by atoms with van der Waals surface area (Å²) in [7, 11) is 0. The molecule has 0 aromatic heterocycles. The number of fused-ring (bicyclic) bond motifs is 1. The molecule has 0 atom stereocenters. The largest absolute Gasteiger partial charge is 0.490 e. The predicted molar refractivity (Wildman–Crippen MR) is 84.7 cm³/mol. The van der Waals surface area contributed by atoms with Crippen LogP contribution in [0.15, 0.2) is 42.5 Å². The van der Waals surface area contributed by atoms with E-state index in [9.17, 15) is 4.79 Å². The number of benzene rings is 2. The first-order valence-electron chi connectivity index (χ1n) is 7.15. The molecular weight excluding hydrogens is 302 g/mol. The van der Waals surface area contributed by atoms with Crippen molar-refractivity contribution in [3.8, 4) is 11.5 Å². The standard InChI is InChI=1S/C17H16ClNO3/c18-14-5-2-12(3-6-14)11-19-17(20)13-4-7-15-16(10-13)22-9-1-8-21-15/h2-7,10H,1,8-9,11H2,(H,19,20). The molecule has 0 saturated carbocycles. The highest BCUT2D eigenvalue weighted by Crippen LogP contribution is 2.30. The van der Waals surface area contributed by atoms with E-state index in [2.05, 4.69) is 5.32 Å². The monoisotopic (exact) mass is 317 g/mol. The molecule has 1 aliphatic rings. The Hall–Kier alpha value is -2.20. The summed E-state index contributed by atoms with van der Waals surface area (Å²) in [5.41, 5.74) is 1.55. The van der Waals surface area contributed by atoms with Crippen molar-refractivity contribution in [2.45, 2.75) is 13.0 Å². The number of amides is 1. The van der Waals surface area contributed by atoms with Crippen LogP contribution in [0.1, 0.15) is 22.3 Å². The first-order chi connectivity index (χ1) is 10.7. The molecule has 0 unspecified atom stereocenters. The van der Waals surface area contributed by atoms with Gasteiger partial charge in [0.2, 0.25) is 0 Å². The molecule has 4 nitrogen and oxygen atoms in total. The molecule has 2 aromatic carbocycles. The molecular formula is C17H16ClNO3. The van der Waals surface area contributed by atoms with Crippen LogP contribution in [-0.4, -0.2) is 19.1 Å². The summed E-state index contributed by atoms with van der Waals surface area (Å²) in [6.07, 6.45) is 0.840. The number of halogens is 1. The predicted octanol–water partition coefficient (Wildman–Crippen LogP) is 3.43. The Kier molecular flexibility index (Phi) is 4.49. The third kappa shape index (κ3) is 3.52. The molecule has 1 aliphatic heterocycles. The molecule has 0 spiro atoms. The van der Waals surface area contributed by atoms with Crippen LogP contribution in [0.2, 0.25) is 5.02 Å². The fourth-order valence-corrected chi connectivity index (χ4v) is 2.32. The SMILES string of the molecule is O=C(NCc1ccc(Cl)cc1)c1ccc2c(c1)OCCCO2. The van der Waals surface area contributed by atoms with E-state index in [4.69, 9.17) is 21.1 Å². The number of nitrogens with one attached hydrogen (secondary N) is 1. The molecule has 5 heteroatoms. The summed E-state index contributed by atoms with van der Waals surface area (Å²) >= 11 is 5.84. The molecule has 114 valence electrons. The molecule has 0 aliphatic carbocycles. The molecule has 0 saturated heterocycles. The minimum atomic E-state index is -0.148. The van der Waals surface area contributed by atoms with Gasteiger partial charge in [0.25, 0.3) is 5.91 Å². The van der Waals surface area contributed by atoms with Crippen molar-refractivity contribution >= 4 is 17.5 Å². The molecule has 3 rings (SSSR count). The summed E-state index contributed by atoms with van der Waals surface area (Å²) in [6, 6.07) is 12.6. The van der Waals surface area contributed by atoms with Crippen molar-refractivity contribution in [2.75, 3.05) is 13.2 Å². The maximum Gasteiger partial charge on any atom is 0.251 e. The van der Waals surface area contributed by atoms with E-state index in [1.165, 1.54) is 0 Å². The Bertz CT molecular complexity index is 670. The van der Waals surface area contributed by atoms with E-state index in [0.717, 1.165) is 12.0 Å². The van der Waals surface area contributed by atoms with Gasteiger partial charge in [-0.05, 0) is 35.9 Å². The van der Waals surface area contributed by atoms with Crippen LogP contribution in [0.25, 0.3) is 0 Å². The van der Waals surface area contributed by atoms with Crippen LogP contribution in [0.3, 0.4) is 0 Å². The second-order valence-electron chi connectivity index (χ2n) is 5.02. The van der Waals surface area contributed by atoms with Gasteiger partial charge in [-0.2, -0.15) is 0 Å². The van der Waals surface area contributed by atoms with E-state index in [1.54, 1.807) is 30.3 Å². The maximum atomic E-state index is 12.2. The second kappa shape index (κ2) is 6.71. The normalized spacial score (nSPS) is 13.3. The first kappa shape index (κ1) is 14.7. The lowest BCUT2D eigenvalue weighted by molar-refractivity contribution is 0.0950. The first-order valence-corrected chi connectivity index (χ1v) is 7.52. The van der Waals surface area contributed by atoms with E-state index in [-0.39, 0.29) is 5.91 Å². The number of hydrogen-bond acceptors (Lipinski definition) is 3. The Morgan fingerprint density at radius 1 is 1.05 bits per heavy atom. The summed E-state index contributed by atoms with van der Waals surface area (Å²) in [6.45, 7) is 1.68. The highest BCUT2D eigenvalue weighted by Gasteiger charge is 2.13.